The molecule has 0 saturated carbocycles. The molecule has 0 aliphatic heterocycles. The number of halogens is 2. The van der Waals surface area contributed by atoms with Crippen molar-refractivity contribution >= 4 is 12.2 Å². The van der Waals surface area contributed by atoms with E-state index in [1.807, 2.05) is 4.57 Å². The number of aliphatic hydroxyl groups excluding tert-OH is 1. The van der Waals surface area contributed by atoms with Gasteiger partial charge in [-0.15, -0.1) is 0 Å². The van der Waals surface area contributed by atoms with E-state index in [0.717, 1.165) is 6.07 Å². The zero-order chi connectivity index (χ0) is 14.3. The van der Waals surface area contributed by atoms with Crippen molar-refractivity contribution in [2.24, 2.45) is 0 Å². The van der Waals surface area contributed by atoms with Gasteiger partial charge in [-0.2, -0.15) is 0 Å². The Labute approximate surface area is 119 Å². The second-order valence-corrected chi connectivity index (χ2v) is 5.42. The van der Waals surface area contributed by atoms with Crippen molar-refractivity contribution in [1.82, 2.24) is 9.55 Å². The van der Waals surface area contributed by atoms with Crippen molar-refractivity contribution in [3.63, 3.8) is 0 Å². The van der Waals surface area contributed by atoms with Crippen LogP contribution in [-0.4, -0.2) is 14.7 Å². The van der Waals surface area contributed by atoms with Gasteiger partial charge >= 0.3 is 0 Å². The Morgan fingerprint density at radius 2 is 2.20 bits per heavy atom. The first-order valence-corrected chi connectivity index (χ1v) is 6.87. The highest BCUT2D eigenvalue weighted by Crippen LogP contribution is 2.32. The summed E-state index contributed by atoms with van der Waals surface area (Å²) < 4.78 is 29.4. The number of nitrogens with one attached hydrogen (secondary N) is 1. The first-order valence-electron chi connectivity index (χ1n) is 6.46. The van der Waals surface area contributed by atoms with Crippen LogP contribution in [0.1, 0.15) is 29.3 Å². The SMILES string of the molecule is OCc1c[nH]c(=S)n1C1CCc2c(F)cc(F)cc2C1. The molecule has 3 rings (SSSR count). The van der Waals surface area contributed by atoms with Crippen molar-refractivity contribution in [2.45, 2.75) is 31.9 Å². The number of aromatic amines is 1. The van der Waals surface area contributed by atoms with E-state index in [0.29, 0.717) is 40.9 Å². The zero-order valence-electron chi connectivity index (χ0n) is 10.7. The van der Waals surface area contributed by atoms with Crippen molar-refractivity contribution in [3.8, 4) is 0 Å². The van der Waals surface area contributed by atoms with Crippen LogP contribution in [0.15, 0.2) is 18.3 Å². The maximum Gasteiger partial charge on any atom is 0.177 e. The van der Waals surface area contributed by atoms with Crippen LogP contribution in [0.3, 0.4) is 0 Å². The van der Waals surface area contributed by atoms with Crippen LogP contribution in [0, 0.1) is 16.4 Å². The Kier molecular flexibility index (Phi) is 3.43. The maximum atomic E-state index is 13.7. The van der Waals surface area contributed by atoms with Crippen LogP contribution in [-0.2, 0) is 19.4 Å². The predicted molar refractivity (Wildman–Crippen MR) is 73.0 cm³/mol. The number of fused-ring (bicyclic) bond motifs is 1. The summed E-state index contributed by atoms with van der Waals surface area (Å²) in [6, 6.07) is 2.34. The summed E-state index contributed by atoms with van der Waals surface area (Å²) in [7, 11) is 0. The molecule has 1 aliphatic carbocycles. The van der Waals surface area contributed by atoms with Gasteiger partial charge in [0.05, 0.1) is 12.3 Å². The largest absolute Gasteiger partial charge is 0.390 e. The monoisotopic (exact) mass is 296 g/mol. The number of H-pyrrole nitrogens is 1. The van der Waals surface area contributed by atoms with Crippen molar-refractivity contribution in [2.75, 3.05) is 0 Å². The molecule has 1 aliphatic rings. The van der Waals surface area contributed by atoms with E-state index in [9.17, 15) is 13.9 Å². The second-order valence-electron chi connectivity index (χ2n) is 5.04. The smallest absolute Gasteiger partial charge is 0.177 e. The Morgan fingerprint density at radius 3 is 2.95 bits per heavy atom. The number of aliphatic hydroxyl groups is 1. The molecular weight excluding hydrogens is 282 g/mol. The zero-order valence-corrected chi connectivity index (χ0v) is 11.5. The molecule has 2 N–H and O–H groups in total. The number of aromatic nitrogens is 2. The molecule has 0 spiro atoms. The van der Waals surface area contributed by atoms with Crippen LogP contribution in [0.4, 0.5) is 8.78 Å². The summed E-state index contributed by atoms with van der Waals surface area (Å²) in [5.41, 5.74) is 1.97. The number of rotatable bonds is 2. The van der Waals surface area contributed by atoms with Crippen molar-refractivity contribution in [3.05, 3.63) is 51.6 Å². The fourth-order valence-corrected chi connectivity index (χ4v) is 3.27. The standard InChI is InChI=1S/C14H14F2N2OS/c15-9-3-8-4-10(1-2-12(8)13(16)5-9)18-11(7-19)6-17-14(18)20/h3,5-6,10,19H,1-2,4,7H2,(H,17,20). The average Bonchev–Trinajstić information content (AvgIpc) is 2.78. The first-order chi connectivity index (χ1) is 9.60. The molecule has 1 aromatic carbocycles. The highest BCUT2D eigenvalue weighted by atomic mass is 32.1. The van der Waals surface area contributed by atoms with Crippen LogP contribution in [0.5, 0.6) is 0 Å². The van der Waals surface area contributed by atoms with E-state index < -0.39 is 11.6 Å². The summed E-state index contributed by atoms with van der Waals surface area (Å²) in [5, 5.41) is 9.34. The quantitative estimate of drug-likeness (QED) is 0.836. The van der Waals surface area contributed by atoms with E-state index in [1.165, 1.54) is 6.07 Å². The van der Waals surface area contributed by atoms with Crippen molar-refractivity contribution < 1.29 is 13.9 Å². The van der Waals surface area contributed by atoms with E-state index in [1.54, 1.807) is 6.20 Å². The van der Waals surface area contributed by atoms with Crippen LogP contribution >= 0.6 is 12.2 Å². The van der Waals surface area contributed by atoms with Crippen LogP contribution < -0.4 is 0 Å². The van der Waals surface area contributed by atoms with Gasteiger partial charge in [0.2, 0.25) is 0 Å². The molecule has 0 amide bonds. The number of benzene rings is 1. The minimum Gasteiger partial charge on any atom is -0.390 e. The Balaban J connectivity index is 2.00. The normalized spacial score (nSPS) is 18.1. The molecule has 20 heavy (non-hydrogen) atoms. The molecule has 2 aromatic rings. The Morgan fingerprint density at radius 1 is 1.40 bits per heavy atom. The van der Waals surface area contributed by atoms with Gasteiger partial charge in [0.15, 0.2) is 4.77 Å². The highest BCUT2D eigenvalue weighted by Gasteiger charge is 2.25. The average molecular weight is 296 g/mol. The lowest BCUT2D eigenvalue weighted by molar-refractivity contribution is 0.262. The van der Waals surface area contributed by atoms with E-state index >= 15 is 0 Å². The van der Waals surface area contributed by atoms with Gasteiger partial charge in [-0.25, -0.2) is 8.78 Å². The Hall–Kier alpha value is -1.53. The van der Waals surface area contributed by atoms with Crippen LogP contribution in [0.2, 0.25) is 0 Å². The third kappa shape index (κ3) is 2.19. The molecule has 0 radical (unpaired) electrons. The minimum absolute atomic E-state index is 0.0181. The molecule has 3 nitrogen and oxygen atoms in total. The fourth-order valence-electron chi connectivity index (χ4n) is 2.94. The van der Waals surface area contributed by atoms with Gasteiger partial charge in [-0.05, 0) is 48.7 Å². The summed E-state index contributed by atoms with van der Waals surface area (Å²) >= 11 is 5.22. The molecule has 0 fully saturated rings. The summed E-state index contributed by atoms with van der Waals surface area (Å²) in [5.74, 6) is -1.03. The van der Waals surface area contributed by atoms with Gasteiger partial charge in [-0.3, -0.25) is 0 Å². The molecular formula is C14H14F2N2OS. The summed E-state index contributed by atoms with van der Waals surface area (Å²) in [4.78, 5) is 2.90. The Bertz CT molecular complexity index is 708. The molecule has 6 heteroatoms. The fraction of sp³-hybridized carbons (Fsp3) is 0.357. The lowest BCUT2D eigenvalue weighted by Gasteiger charge is -2.27. The maximum absolute atomic E-state index is 13.7. The molecule has 1 aromatic heterocycles. The molecule has 0 bridgehead atoms. The summed E-state index contributed by atoms with van der Waals surface area (Å²) in [6.45, 7) is -0.117. The van der Waals surface area contributed by atoms with Gasteiger partial charge in [0, 0.05) is 18.3 Å². The topological polar surface area (TPSA) is 40.9 Å². The van der Waals surface area contributed by atoms with E-state index in [2.05, 4.69) is 4.98 Å². The number of hydrogen-bond acceptors (Lipinski definition) is 2. The number of nitrogens with zero attached hydrogens (tertiary/aromatic N) is 1. The third-order valence-corrected chi connectivity index (χ3v) is 4.17. The molecule has 1 heterocycles. The lowest BCUT2D eigenvalue weighted by Crippen LogP contribution is -2.21. The number of imidazole rings is 1. The molecule has 1 atom stereocenters. The number of hydrogen-bond donors (Lipinski definition) is 2. The van der Waals surface area contributed by atoms with Gasteiger partial charge in [-0.1, -0.05) is 0 Å². The highest BCUT2D eigenvalue weighted by molar-refractivity contribution is 7.71. The van der Waals surface area contributed by atoms with Gasteiger partial charge in [0.25, 0.3) is 0 Å². The van der Waals surface area contributed by atoms with Crippen molar-refractivity contribution in [1.29, 1.82) is 0 Å². The van der Waals surface area contributed by atoms with Crippen LogP contribution in [0.25, 0.3) is 0 Å². The third-order valence-electron chi connectivity index (χ3n) is 3.85. The predicted octanol–water partition coefficient (Wildman–Crippen LogP) is 3.05. The van der Waals surface area contributed by atoms with E-state index in [4.69, 9.17) is 12.2 Å². The minimum atomic E-state index is -0.554. The molecule has 1 unspecified atom stereocenters. The summed E-state index contributed by atoms with van der Waals surface area (Å²) in [6.07, 6.45) is 3.45. The molecule has 0 saturated heterocycles. The second kappa shape index (κ2) is 5.10. The molecule has 106 valence electrons. The first kappa shape index (κ1) is 13.5. The van der Waals surface area contributed by atoms with E-state index in [-0.39, 0.29) is 12.6 Å². The van der Waals surface area contributed by atoms with Gasteiger partial charge < -0.3 is 14.7 Å². The van der Waals surface area contributed by atoms with Gasteiger partial charge in [0.1, 0.15) is 11.6 Å². The lowest BCUT2D eigenvalue weighted by atomic mass is 9.87.